The van der Waals surface area contributed by atoms with Gasteiger partial charge in [-0.05, 0) is 30.9 Å². The largest absolute Gasteiger partial charge is 0.396 e. The molecule has 0 spiro atoms. The molecule has 0 aliphatic rings. The summed E-state index contributed by atoms with van der Waals surface area (Å²) in [7, 11) is 0. The fraction of sp³-hybridized carbons (Fsp3) is 0.462. The molecule has 0 aromatic carbocycles. The molecule has 0 saturated heterocycles. The summed E-state index contributed by atoms with van der Waals surface area (Å²) in [5, 5.41) is 8.78. The second kappa shape index (κ2) is 7.03. The third kappa shape index (κ3) is 4.14. The van der Waals surface area contributed by atoms with Crippen molar-refractivity contribution < 1.29 is 5.11 Å². The van der Waals surface area contributed by atoms with Gasteiger partial charge in [-0.25, -0.2) is 0 Å². The summed E-state index contributed by atoms with van der Waals surface area (Å²) in [4.78, 5) is 4.08. The molecule has 1 N–H and O–H groups in total. The van der Waals surface area contributed by atoms with Gasteiger partial charge in [-0.3, -0.25) is 4.98 Å². The molecule has 0 bridgehead atoms. The van der Waals surface area contributed by atoms with Crippen LogP contribution in [0, 0.1) is 11.8 Å². The quantitative estimate of drug-likeness (QED) is 0.761. The summed E-state index contributed by atoms with van der Waals surface area (Å²) in [6.07, 6.45) is 7.24. The maximum Gasteiger partial charge on any atom is 0.0434 e. The lowest BCUT2D eigenvalue weighted by Crippen LogP contribution is -1.94. The number of nitrogens with zero attached hydrogens (tertiary/aromatic N) is 1. The Balaban J connectivity index is 2.73. The highest BCUT2D eigenvalue weighted by Gasteiger charge is 1.98. The first-order valence-corrected chi connectivity index (χ1v) is 5.41. The van der Waals surface area contributed by atoms with Gasteiger partial charge in [-0.1, -0.05) is 18.8 Å². The summed E-state index contributed by atoms with van der Waals surface area (Å²) in [6.45, 7) is 2.34. The van der Waals surface area contributed by atoms with Crippen LogP contribution < -0.4 is 0 Å². The predicted molar refractivity (Wildman–Crippen MR) is 61.4 cm³/mol. The molecule has 0 fully saturated rings. The SMILES string of the molecule is CCCC#Cc1ccncc1CCCO. The summed E-state index contributed by atoms with van der Waals surface area (Å²) in [5.74, 6) is 6.28. The van der Waals surface area contributed by atoms with Crippen molar-refractivity contribution in [2.75, 3.05) is 6.61 Å². The van der Waals surface area contributed by atoms with Gasteiger partial charge in [-0.15, -0.1) is 0 Å². The Morgan fingerprint density at radius 1 is 1.47 bits per heavy atom. The fourth-order valence-electron chi connectivity index (χ4n) is 1.30. The third-order valence-corrected chi connectivity index (χ3v) is 2.11. The zero-order valence-corrected chi connectivity index (χ0v) is 9.16. The van der Waals surface area contributed by atoms with Gasteiger partial charge in [0.25, 0.3) is 0 Å². The van der Waals surface area contributed by atoms with Crippen molar-refractivity contribution in [1.29, 1.82) is 0 Å². The molecule has 0 amide bonds. The minimum Gasteiger partial charge on any atom is -0.396 e. The van der Waals surface area contributed by atoms with Gasteiger partial charge >= 0.3 is 0 Å². The van der Waals surface area contributed by atoms with Crippen LogP contribution in [-0.4, -0.2) is 16.7 Å². The molecule has 0 saturated carbocycles. The molecule has 2 nitrogen and oxygen atoms in total. The van der Waals surface area contributed by atoms with E-state index in [1.54, 1.807) is 6.20 Å². The summed E-state index contributed by atoms with van der Waals surface area (Å²) >= 11 is 0. The predicted octanol–water partition coefficient (Wildman–Crippen LogP) is 2.16. The normalized spacial score (nSPS) is 9.47. The molecule has 1 heterocycles. The summed E-state index contributed by atoms with van der Waals surface area (Å²) in [5.41, 5.74) is 2.18. The molecule has 1 aromatic heterocycles. The van der Waals surface area contributed by atoms with E-state index in [4.69, 9.17) is 5.11 Å². The average Bonchev–Trinajstić information content (AvgIpc) is 2.28. The lowest BCUT2D eigenvalue weighted by molar-refractivity contribution is 0.288. The Kier molecular flexibility index (Phi) is 5.50. The van der Waals surface area contributed by atoms with Gasteiger partial charge in [0.2, 0.25) is 0 Å². The number of aryl methyl sites for hydroxylation is 1. The fourth-order valence-corrected chi connectivity index (χ4v) is 1.30. The molecule has 1 aromatic rings. The Labute approximate surface area is 91.4 Å². The number of aromatic nitrogens is 1. The van der Waals surface area contributed by atoms with E-state index in [1.165, 1.54) is 0 Å². The van der Waals surface area contributed by atoms with Crippen LogP contribution >= 0.6 is 0 Å². The van der Waals surface area contributed by atoms with Crippen molar-refractivity contribution in [3.05, 3.63) is 29.6 Å². The first kappa shape index (κ1) is 11.7. The molecule has 80 valence electrons. The minimum atomic E-state index is 0.219. The minimum absolute atomic E-state index is 0.219. The Hall–Kier alpha value is -1.33. The number of aliphatic hydroxyl groups excluding tert-OH is 1. The van der Waals surface area contributed by atoms with E-state index in [-0.39, 0.29) is 6.61 Å². The highest BCUT2D eigenvalue weighted by Crippen LogP contribution is 2.08. The van der Waals surface area contributed by atoms with E-state index < -0.39 is 0 Å². The number of rotatable bonds is 4. The topological polar surface area (TPSA) is 33.1 Å². The van der Waals surface area contributed by atoms with Crippen LogP contribution in [0.1, 0.15) is 37.3 Å². The second-order valence-electron chi connectivity index (χ2n) is 3.41. The van der Waals surface area contributed by atoms with E-state index >= 15 is 0 Å². The summed E-state index contributed by atoms with van der Waals surface area (Å²) in [6, 6.07) is 1.94. The van der Waals surface area contributed by atoms with Crippen LogP contribution in [0.5, 0.6) is 0 Å². The van der Waals surface area contributed by atoms with Crippen molar-refractivity contribution in [3.8, 4) is 11.8 Å². The van der Waals surface area contributed by atoms with Gasteiger partial charge < -0.3 is 5.11 Å². The molecular formula is C13H17NO. The van der Waals surface area contributed by atoms with Crippen LogP contribution in [0.4, 0.5) is 0 Å². The molecule has 0 atom stereocenters. The molecular weight excluding hydrogens is 186 g/mol. The zero-order chi connectivity index (χ0) is 10.9. The van der Waals surface area contributed by atoms with Crippen molar-refractivity contribution >= 4 is 0 Å². The van der Waals surface area contributed by atoms with E-state index in [9.17, 15) is 0 Å². The van der Waals surface area contributed by atoms with Crippen LogP contribution in [0.2, 0.25) is 0 Å². The van der Waals surface area contributed by atoms with E-state index in [0.717, 1.165) is 36.8 Å². The number of pyridine rings is 1. The van der Waals surface area contributed by atoms with Gasteiger partial charge in [-0.2, -0.15) is 0 Å². The number of hydrogen-bond acceptors (Lipinski definition) is 2. The number of hydrogen-bond donors (Lipinski definition) is 1. The van der Waals surface area contributed by atoms with Crippen molar-refractivity contribution in [1.82, 2.24) is 4.98 Å². The number of aliphatic hydroxyl groups is 1. The highest BCUT2D eigenvalue weighted by molar-refractivity contribution is 5.39. The molecule has 0 aliphatic heterocycles. The molecule has 1 rings (SSSR count). The Bertz CT molecular complexity index is 349. The van der Waals surface area contributed by atoms with E-state index in [1.807, 2.05) is 12.3 Å². The summed E-state index contributed by atoms with van der Waals surface area (Å²) < 4.78 is 0. The zero-order valence-electron chi connectivity index (χ0n) is 9.16. The monoisotopic (exact) mass is 203 g/mol. The van der Waals surface area contributed by atoms with Gasteiger partial charge in [0.15, 0.2) is 0 Å². The smallest absolute Gasteiger partial charge is 0.0434 e. The molecule has 0 unspecified atom stereocenters. The molecule has 15 heavy (non-hydrogen) atoms. The second-order valence-corrected chi connectivity index (χ2v) is 3.41. The first-order chi connectivity index (χ1) is 7.38. The van der Waals surface area contributed by atoms with Crippen molar-refractivity contribution in [3.63, 3.8) is 0 Å². The lowest BCUT2D eigenvalue weighted by Gasteiger charge is -2.01. The van der Waals surface area contributed by atoms with Crippen molar-refractivity contribution in [2.45, 2.75) is 32.6 Å². The molecule has 0 aliphatic carbocycles. The molecule has 0 radical (unpaired) electrons. The van der Waals surface area contributed by atoms with Gasteiger partial charge in [0.05, 0.1) is 0 Å². The van der Waals surface area contributed by atoms with Crippen LogP contribution in [0.15, 0.2) is 18.5 Å². The van der Waals surface area contributed by atoms with Crippen LogP contribution in [-0.2, 0) is 6.42 Å². The highest BCUT2D eigenvalue weighted by atomic mass is 16.2. The Morgan fingerprint density at radius 2 is 2.33 bits per heavy atom. The average molecular weight is 203 g/mol. The third-order valence-electron chi connectivity index (χ3n) is 2.11. The molecule has 2 heteroatoms. The Morgan fingerprint density at radius 3 is 3.07 bits per heavy atom. The van der Waals surface area contributed by atoms with Crippen LogP contribution in [0.25, 0.3) is 0 Å². The van der Waals surface area contributed by atoms with Crippen molar-refractivity contribution in [2.24, 2.45) is 0 Å². The standard InChI is InChI=1S/C13H17NO/c1-2-3-4-6-12-8-9-14-11-13(12)7-5-10-15/h8-9,11,15H,2-3,5,7,10H2,1H3. The number of unbranched alkanes of at least 4 members (excludes halogenated alkanes) is 1. The van der Waals surface area contributed by atoms with Crippen LogP contribution in [0.3, 0.4) is 0 Å². The maximum atomic E-state index is 8.78. The van der Waals surface area contributed by atoms with E-state index in [2.05, 4.69) is 23.7 Å². The van der Waals surface area contributed by atoms with E-state index in [0.29, 0.717) is 0 Å². The van der Waals surface area contributed by atoms with Gasteiger partial charge in [0.1, 0.15) is 0 Å². The van der Waals surface area contributed by atoms with Gasteiger partial charge in [0, 0.05) is 31.0 Å². The maximum absolute atomic E-state index is 8.78. The first-order valence-electron chi connectivity index (χ1n) is 5.41. The lowest BCUT2D eigenvalue weighted by atomic mass is 10.1.